The highest BCUT2D eigenvalue weighted by Crippen LogP contribution is 2.52. The molecule has 4 heteroatoms. The summed E-state index contributed by atoms with van der Waals surface area (Å²) < 4.78 is 13.2. The quantitative estimate of drug-likeness (QED) is 0.738. The molecular formula is C16H21FN2O. The average Bonchev–Trinajstić information content (AvgIpc) is 2.57. The van der Waals surface area contributed by atoms with Crippen molar-refractivity contribution >= 4 is 5.91 Å². The van der Waals surface area contributed by atoms with Crippen molar-refractivity contribution in [2.24, 2.45) is 10.8 Å². The Labute approximate surface area is 119 Å². The van der Waals surface area contributed by atoms with Crippen LogP contribution in [-0.2, 0) is 0 Å². The molecule has 1 aliphatic heterocycles. The van der Waals surface area contributed by atoms with E-state index in [1.54, 1.807) is 12.1 Å². The highest BCUT2D eigenvalue weighted by Gasteiger charge is 2.51. The summed E-state index contributed by atoms with van der Waals surface area (Å²) in [6, 6.07) is 4.68. The van der Waals surface area contributed by atoms with Gasteiger partial charge in [0.1, 0.15) is 5.69 Å². The molecular weight excluding hydrogens is 255 g/mol. The second-order valence-electron chi connectivity index (χ2n) is 7.49. The first-order valence-electron chi connectivity index (χ1n) is 7.22. The number of carbonyl (C=O) groups excluding carboxylic acids is 1. The Kier molecular flexibility index (Phi) is 2.89. The van der Waals surface area contributed by atoms with Gasteiger partial charge in [-0.2, -0.15) is 4.39 Å². The Morgan fingerprint density at radius 1 is 1.35 bits per heavy atom. The number of carbonyl (C=O) groups is 1. The van der Waals surface area contributed by atoms with Gasteiger partial charge < -0.3 is 4.90 Å². The van der Waals surface area contributed by atoms with Crippen molar-refractivity contribution in [2.45, 2.75) is 46.1 Å². The Morgan fingerprint density at radius 2 is 2.10 bits per heavy atom. The molecule has 2 atom stereocenters. The lowest BCUT2D eigenvalue weighted by Crippen LogP contribution is -2.38. The number of amides is 1. The van der Waals surface area contributed by atoms with Crippen LogP contribution in [0.4, 0.5) is 4.39 Å². The van der Waals surface area contributed by atoms with Crippen LogP contribution in [0, 0.1) is 16.8 Å². The third-order valence-corrected chi connectivity index (χ3v) is 4.61. The zero-order chi connectivity index (χ0) is 14.5. The standard InChI is InChI=1S/C16H21FN2O/c1-15(2)7-11-8-16(3,9-15)10-19(11)14(20)12-5-4-6-13(17)18-12/h4-6,11H,7-10H2,1-3H3. The van der Waals surface area contributed by atoms with E-state index in [4.69, 9.17) is 0 Å². The number of aromatic nitrogens is 1. The maximum Gasteiger partial charge on any atom is 0.272 e. The van der Waals surface area contributed by atoms with Gasteiger partial charge in [0.2, 0.25) is 5.95 Å². The van der Waals surface area contributed by atoms with E-state index in [-0.39, 0.29) is 28.5 Å². The number of pyridine rings is 1. The molecule has 2 fully saturated rings. The zero-order valence-electron chi connectivity index (χ0n) is 12.3. The molecule has 1 aromatic heterocycles. The van der Waals surface area contributed by atoms with Crippen LogP contribution in [-0.4, -0.2) is 28.4 Å². The highest BCUT2D eigenvalue weighted by atomic mass is 19.1. The van der Waals surface area contributed by atoms with Crippen molar-refractivity contribution in [3.05, 3.63) is 29.8 Å². The summed E-state index contributed by atoms with van der Waals surface area (Å²) in [5.41, 5.74) is 0.677. The van der Waals surface area contributed by atoms with Gasteiger partial charge in [-0.3, -0.25) is 4.79 Å². The lowest BCUT2D eigenvalue weighted by Gasteiger charge is -2.39. The topological polar surface area (TPSA) is 33.2 Å². The van der Waals surface area contributed by atoms with Crippen molar-refractivity contribution in [1.29, 1.82) is 0 Å². The van der Waals surface area contributed by atoms with E-state index >= 15 is 0 Å². The Balaban J connectivity index is 1.87. The molecule has 0 spiro atoms. The molecule has 2 heterocycles. The number of hydrogen-bond acceptors (Lipinski definition) is 2. The third-order valence-electron chi connectivity index (χ3n) is 4.61. The van der Waals surface area contributed by atoms with Crippen LogP contribution in [0.15, 0.2) is 18.2 Å². The Hall–Kier alpha value is -1.45. The fraction of sp³-hybridized carbons (Fsp3) is 0.625. The largest absolute Gasteiger partial charge is 0.334 e. The number of likely N-dealkylation sites (tertiary alicyclic amines) is 1. The van der Waals surface area contributed by atoms with Crippen molar-refractivity contribution in [1.82, 2.24) is 9.88 Å². The predicted molar refractivity (Wildman–Crippen MR) is 74.8 cm³/mol. The van der Waals surface area contributed by atoms with Crippen LogP contribution in [0.1, 0.15) is 50.5 Å². The maximum atomic E-state index is 13.2. The summed E-state index contributed by atoms with van der Waals surface area (Å²) in [5, 5.41) is 0. The lowest BCUT2D eigenvalue weighted by atomic mass is 9.65. The van der Waals surface area contributed by atoms with Crippen LogP contribution < -0.4 is 0 Å². The first-order valence-corrected chi connectivity index (χ1v) is 7.22. The van der Waals surface area contributed by atoms with Gasteiger partial charge in [0.25, 0.3) is 5.91 Å². The number of fused-ring (bicyclic) bond motifs is 2. The zero-order valence-corrected chi connectivity index (χ0v) is 12.3. The molecule has 3 rings (SSSR count). The van der Waals surface area contributed by atoms with Gasteiger partial charge in [-0.15, -0.1) is 0 Å². The molecule has 1 aromatic rings. The second-order valence-corrected chi connectivity index (χ2v) is 7.49. The first kappa shape index (κ1) is 13.5. The molecule has 2 bridgehead atoms. The van der Waals surface area contributed by atoms with Gasteiger partial charge in [-0.25, -0.2) is 4.98 Å². The molecule has 1 saturated carbocycles. The van der Waals surface area contributed by atoms with Crippen LogP contribution >= 0.6 is 0 Å². The van der Waals surface area contributed by atoms with Gasteiger partial charge in [0, 0.05) is 12.6 Å². The van der Waals surface area contributed by atoms with E-state index < -0.39 is 5.95 Å². The molecule has 1 aliphatic carbocycles. The summed E-state index contributed by atoms with van der Waals surface area (Å²) in [6.45, 7) is 7.56. The van der Waals surface area contributed by atoms with E-state index in [0.29, 0.717) is 0 Å². The fourth-order valence-electron chi connectivity index (χ4n) is 4.37. The smallest absolute Gasteiger partial charge is 0.272 e. The molecule has 3 nitrogen and oxygen atoms in total. The minimum absolute atomic E-state index is 0.129. The fourth-order valence-corrected chi connectivity index (χ4v) is 4.37. The number of halogens is 1. The highest BCUT2D eigenvalue weighted by molar-refractivity contribution is 5.92. The van der Waals surface area contributed by atoms with Gasteiger partial charge in [-0.1, -0.05) is 26.8 Å². The van der Waals surface area contributed by atoms with Crippen LogP contribution in [0.5, 0.6) is 0 Å². The summed E-state index contributed by atoms with van der Waals surface area (Å²) in [4.78, 5) is 18.2. The second kappa shape index (κ2) is 4.27. The molecule has 1 saturated heterocycles. The maximum absolute atomic E-state index is 13.2. The lowest BCUT2D eigenvalue weighted by molar-refractivity contribution is 0.0701. The van der Waals surface area contributed by atoms with Gasteiger partial charge in [0.15, 0.2) is 0 Å². The van der Waals surface area contributed by atoms with Crippen LogP contribution in [0.2, 0.25) is 0 Å². The van der Waals surface area contributed by atoms with Crippen molar-refractivity contribution in [3.8, 4) is 0 Å². The van der Waals surface area contributed by atoms with E-state index in [1.807, 2.05) is 4.90 Å². The number of rotatable bonds is 1. The van der Waals surface area contributed by atoms with E-state index in [2.05, 4.69) is 25.8 Å². The molecule has 2 unspecified atom stereocenters. The molecule has 0 aromatic carbocycles. The van der Waals surface area contributed by atoms with Gasteiger partial charge in [-0.05, 0) is 42.2 Å². The third kappa shape index (κ3) is 2.32. The molecule has 108 valence electrons. The molecule has 0 radical (unpaired) electrons. The minimum Gasteiger partial charge on any atom is -0.334 e. The predicted octanol–water partition coefficient (Wildman–Crippen LogP) is 3.26. The van der Waals surface area contributed by atoms with Crippen molar-refractivity contribution < 1.29 is 9.18 Å². The summed E-state index contributed by atoms with van der Waals surface area (Å²) >= 11 is 0. The van der Waals surface area contributed by atoms with Gasteiger partial charge in [0.05, 0.1) is 0 Å². The van der Waals surface area contributed by atoms with Gasteiger partial charge >= 0.3 is 0 Å². The molecule has 20 heavy (non-hydrogen) atoms. The average molecular weight is 276 g/mol. The summed E-state index contributed by atoms with van der Waals surface area (Å²) in [5.74, 6) is -0.722. The van der Waals surface area contributed by atoms with Crippen molar-refractivity contribution in [3.63, 3.8) is 0 Å². The van der Waals surface area contributed by atoms with E-state index in [0.717, 1.165) is 25.8 Å². The summed E-state index contributed by atoms with van der Waals surface area (Å²) in [7, 11) is 0. The summed E-state index contributed by atoms with van der Waals surface area (Å²) in [6.07, 6.45) is 3.21. The number of hydrogen-bond donors (Lipinski definition) is 0. The van der Waals surface area contributed by atoms with Crippen LogP contribution in [0.25, 0.3) is 0 Å². The minimum atomic E-state index is -0.593. The van der Waals surface area contributed by atoms with E-state index in [9.17, 15) is 9.18 Å². The van der Waals surface area contributed by atoms with Crippen LogP contribution in [0.3, 0.4) is 0 Å². The molecule has 2 aliphatic rings. The Bertz CT molecular complexity index is 557. The Morgan fingerprint density at radius 3 is 2.80 bits per heavy atom. The monoisotopic (exact) mass is 276 g/mol. The normalized spacial score (nSPS) is 31.4. The SMILES string of the molecule is CC1(C)CC2CC(C)(CN2C(=O)c2cccc(F)n2)C1. The first-order chi connectivity index (χ1) is 9.28. The molecule has 1 amide bonds. The van der Waals surface area contributed by atoms with E-state index in [1.165, 1.54) is 6.07 Å². The number of nitrogens with zero attached hydrogens (tertiary/aromatic N) is 2. The van der Waals surface area contributed by atoms with Crippen molar-refractivity contribution in [2.75, 3.05) is 6.54 Å². The molecule has 0 N–H and O–H groups in total.